The average Bonchev–Trinajstić information content (AvgIpc) is 2.19. The second-order valence-electron chi connectivity index (χ2n) is 3.41. The quantitative estimate of drug-likeness (QED) is 0.591. The van der Waals surface area contributed by atoms with Crippen LogP contribution in [0.25, 0.3) is 11.1 Å². The third-order valence-electron chi connectivity index (χ3n) is 2.24. The maximum absolute atomic E-state index is 9.61. The Hall–Kier alpha value is -2.36. The van der Waals surface area contributed by atoms with Crippen LogP contribution in [0.3, 0.4) is 0 Å². The van der Waals surface area contributed by atoms with E-state index < -0.39 is 0 Å². The zero-order valence-corrected chi connectivity index (χ0v) is 8.25. The monoisotopic (exact) mass is 218 g/mol. The Morgan fingerprint density at radius 2 is 1.12 bits per heavy atom. The van der Waals surface area contributed by atoms with Crippen molar-refractivity contribution in [3.05, 3.63) is 36.4 Å². The Balaban J connectivity index is 2.60. The average molecular weight is 218 g/mol. The van der Waals surface area contributed by atoms with Crippen molar-refractivity contribution in [2.24, 2.45) is 0 Å². The summed E-state index contributed by atoms with van der Waals surface area (Å²) in [6, 6.07) is 8.29. The SMILES string of the molecule is Oc1ccc(-c2c(O)cc(O)cc2O)cc1. The fraction of sp³-hybridized carbons (Fsp3) is 0. The van der Waals surface area contributed by atoms with Gasteiger partial charge in [0.1, 0.15) is 23.0 Å². The zero-order chi connectivity index (χ0) is 11.7. The van der Waals surface area contributed by atoms with Gasteiger partial charge in [-0.3, -0.25) is 0 Å². The van der Waals surface area contributed by atoms with Crippen molar-refractivity contribution in [3.8, 4) is 34.1 Å². The van der Waals surface area contributed by atoms with Crippen LogP contribution in [0.5, 0.6) is 23.0 Å². The topological polar surface area (TPSA) is 80.9 Å². The Kier molecular flexibility index (Phi) is 2.32. The highest BCUT2D eigenvalue weighted by Gasteiger charge is 2.11. The third-order valence-corrected chi connectivity index (χ3v) is 2.24. The van der Waals surface area contributed by atoms with Crippen LogP contribution in [0.1, 0.15) is 0 Å². The number of hydrogen-bond acceptors (Lipinski definition) is 4. The van der Waals surface area contributed by atoms with Crippen molar-refractivity contribution in [3.63, 3.8) is 0 Å². The molecule has 0 atom stereocenters. The Morgan fingerprint density at radius 3 is 1.62 bits per heavy atom. The lowest BCUT2D eigenvalue weighted by Gasteiger charge is -2.08. The highest BCUT2D eigenvalue weighted by Crippen LogP contribution is 2.40. The predicted molar refractivity (Wildman–Crippen MR) is 58.5 cm³/mol. The molecule has 0 radical (unpaired) electrons. The molecule has 0 aliphatic heterocycles. The van der Waals surface area contributed by atoms with E-state index in [0.29, 0.717) is 5.56 Å². The smallest absolute Gasteiger partial charge is 0.130 e. The van der Waals surface area contributed by atoms with Crippen LogP contribution in [0.4, 0.5) is 0 Å². The van der Waals surface area contributed by atoms with E-state index in [0.717, 1.165) is 12.1 Å². The van der Waals surface area contributed by atoms with Gasteiger partial charge in [0, 0.05) is 12.1 Å². The minimum absolute atomic E-state index is 0.0986. The molecule has 2 rings (SSSR count). The summed E-state index contributed by atoms with van der Waals surface area (Å²) in [6.07, 6.45) is 0. The summed E-state index contributed by atoms with van der Waals surface area (Å²) in [5, 5.41) is 37.5. The van der Waals surface area contributed by atoms with Gasteiger partial charge in [-0.2, -0.15) is 0 Å². The first-order chi connectivity index (χ1) is 7.58. The molecule has 0 aliphatic rings. The summed E-state index contributed by atoms with van der Waals surface area (Å²) >= 11 is 0. The Bertz CT molecular complexity index is 494. The number of rotatable bonds is 1. The van der Waals surface area contributed by atoms with Gasteiger partial charge in [-0.15, -0.1) is 0 Å². The second-order valence-corrected chi connectivity index (χ2v) is 3.41. The van der Waals surface area contributed by atoms with Crippen molar-refractivity contribution in [1.29, 1.82) is 0 Å². The first kappa shape index (κ1) is 10.2. The molecule has 82 valence electrons. The van der Waals surface area contributed by atoms with E-state index in [-0.39, 0.29) is 28.6 Å². The standard InChI is InChI=1S/C12H10O4/c13-8-3-1-7(2-4-8)12-10(15)5-9(14)6-11(12)16/h1-6,13-16H. The molecular weight excluding hydrogens is 208 g/mol. The molecule has 4 heteroatoms. The van der Waals surface area contributed by atoms with Gasteiger partial charge in [0.25, 0.3) is 0 Å². The van der Waals surface area contributed by atoms with E-state index in [9.17, 15) is 10.2 Å². The first-order valence-electron chi connectivity index (χ1n) is 4.62. The maximum Gasteiger partial charge on any atom is 0.130 e. The Morgan fingerprint density at radius 1 is 0.625 bits per heavy atom. The molecule has 16 heavy (non-hydrogen) atoms. The van der Waals surface area contributed by atoms with Crippen molar-refractivity contribution in [1.82, 2.24) is 0 Å². The lowest BCUT2D eigenvalue weighted by Crippen LogP contribution is -1.80. The molecule has 0 saturated heterocycles. The summed E-state index contributed by atoms with van der Waals surface area (Å²) in [5.41, 5.74) is 0.769. The summed E-state index contributed by atoms with van der Waals surface area (Å²) in [5.74, 6) is -0.551. The highest BCUT2D eigenvalue weighted by molar-refractivity contribution is 5.77. The summed E-state index contributed by atoms with van der Waals surface area (Å²) in [4.78, 5) is 0. The number of hydrogen-bond donors (Lipinski definition) is 4. The van der Waals surface area contributed by atoms with E-state index in [1.54, 1.807) is 12.1 Å². The maximum atomic E-state index is 9.61. The van der Waals surface area contributed by atoms with Gasteiger partial charge >= 0.3 is 0 Å². The van der Waals surface area contributed by atoms with Crippen LogP contribution in [0.15, 0.2) is 36.4 Å². The largest absolute Gasteiger partial charge is 0.508 e. The molecule has 0 bridgehead atoms. The van der Waals surface area contributed by atoms with Crippen LogP contribution in [0, 0.1) is 0 Å². The van der Waals surface area contributed by atoms with Gasteiger partial charge in [0.15, 0.2) is 0 Å². The molecule has 0 unspecified atom stereocenters. The van der Waals surface area contributed by atoms with Gasteiger partial charge in [-0.1, -0.05) is 12.1 Å². The molecule has 0 spiro atoms. The molecule has 0 aliphatic carbocycles. The minimum atomic E-state index is -0.219. The highest BCUT2D eigenvalue weighted by atomic mass is 16.3. The Labute approximate surface area is 91.7 Å². The van der Waals surface area contributed by atoms with Gasteiger partial charge in [0.2, 0.25) is 0 Å². The molecule has 2 aromatic rings. The molecule has 2 aromatic carbocycles. The number of phenols is 4. The van der Waals surface area contributed by atoms with Crippen LogP contribution < -0.4 is 0 Å². The molecule has 0 aromatic heterocycles. The van der Waals surface area contributed by atoms with Crippen molar-refractivity contribution in [2.75, 3.05) is 0 Å². The third kappa shape index (κ3) is 1.72. The van der Waals surface area contributed by atoms with Crippen LogP contribution in [0.2, 0.25) is 0 Å². The molecule has 0 amide bonds. The summed E-state index contributed by atoms with van der Waals surface area (Å²) < 4.78 is 0. The van der Waals surface area contributed by atoms with Crippen LogP contribution >= 0.6 is 0 Å². The zero-order valence-electron chi connectivity index (χ0n) is 8.25. The minimum Gasteiger partial charge on any atom is -0.508 e. The van der Waals surface area contributed by atoms with Gasteiger partial charge in [-0.05, 0) is 17.7 Å². The molecular formula is C12H10O4. The molecule has 4 N–H and O–H groups in total. The molecule has 0 heterocycles. The first-order valence-corrected chi connectivity index (χ1v) is 4.62. The summed E-state index contributed by atoms with van der Waals surface area (Å²) in [6.45, 7) is 0. The number of phenolic OH excluding ortho intramolecular Hbond substituents is 4. The van der Waals surface area contributed by atoms with E-state index in [4.69, 9.17) is 10.2 Å². The number of benzene rings is 2. The number of aromatic hydroxyl groups is 4. The second kappa shape index (κ2) is 3.66. The van der Waals surface area contributed by atoms with Crippen molar-refractivity contribution < 1.29 is 20.4 Å². The predicted octanol–water partition coefficient (Wildman–Crippen LogP) is 2.18. The van der Waals surface area contributed by atoms with Gasteiger partial charge in [-0.25, -0.2) is 0 Å². The van der Waals surface area contributed by atoms with Crippen molar-refractivity contribution >= 4 is 0 Å². The van der Waals surface area contributed by atoms with Crippen LogP contribution in [-0.2, 0) is 0 Å². The lowest BCUT2D eigenvalue weighted by atomic mass is 10.0. The van der Waals surface area contributed by atoms with Crippen molar-refractivity contribution in [2.45, 2.75) is 0 Å². The van der Waals surface area contributed by atoms with Crippen LogP contribution in [-0.4, -0.2) is 20.4 Å². The molecule has 0 saturated carbocycles. The van der Waals surface area contributed by atoms with E-state index in [2.05, 4.69) is 0 Å². The van der Waals surface area contributed by atoms with Gasteiger partial charge in [0.05, 0.1) is 5.56 Å². The van der Waals surface area contributed by atoms with E-state index in [1.807, 2.05) is 0 Å². The summed E-state index contributed by atoms with van der Waals surface area (Å²) in [7, 11) is 0. The fourth-order valence-electron chi connectivity index (χ4n) is 1.52. The lowest BCUT2D eigenvalue weighted by molar-refractivity contribution is 0.430. The van der Waals surface area contributed by atoms with Gasteiger partial charge < -0.3 is 20.4 Å². The molecule has 4 nitrogen and oxygen atoms in total. The molecule has 0 fully saturated rings. The normalized spacial score (nSPS) is 10.2. The van der Waals surface area contributed by atoms with E-state index in [1.165, 1.54) is 12.1 Å². The fourth-order valence-corrected chi connectivity index (χ4v) is 1.52. The van der Waals surface area contributed by atoms with E-state index >= 15 is 0 Å².